The molecule has 0 amide bonds. The third kappa shape index (κ3) is 2.37. The first-order valence-corrected chi connectivity index (χ1v) is 6.24. The Bertz CT molecular complexity index is 535. The molecule has 0 bridgehead atoms. The van der Waals surface area contributed by atoms with Gasteiger partial charge >= 0.3 is 0 Å². The van der Waals surface area contributed by atoms with Crippen LogP contribution in [0.15, 0.2) is 18.2 Å². The van der Waals surface area contributed by atoms with E-state index in [-0.39, 0.29) is 0 Å². The van der Waals surface area contributed by atoms with Crippen molar-refractivity contribution in [3.05, 3.63) is 29.6 Å². The van der Waals surface area contributed by atoms with Gasteiger partial charge in [-0.3, -0.25) is 0 Å². The van der Waals surface area contributed by atoms with E-state index < -0.39 is 0 Å². The summed E-state index contributed by atoms with van der Waals surface area (Å²) in [5.41, 5.74) is 8.92. The van der Waals surface area contributed by atoms with Crippen molar-refractivity contribution in [3.8, 4) is 11.4 Å². The zero-order valence-corrected chi connectivity index (χ0v) is 11.4. The third-order valence-electron chi connectivity index (χ3n) is 2.93. The van der Waals surface area contributed by atoms with Crippen molar-refractivity contribution in [2.24, 2.45) is 13.0 Å². The Morgan fingerprint density at radius 3 is 2.67 bits per heavy atom. The third-order valence-corrected chi connectivity index (χ3v) is 2.93. The maximum atomic E-state index is 6.05. The Balaban J connectivity index is 2.48. The van der Waals surface area contributed by atoms with Gasteiger partial charge in [-0.1, -0.05) is 26.0 Å². The van der Waals surface area contributed by atoms with Gasteiger partial charge in [0.25, 0.3) is 0 Å². The van der Waals surface area contributed by atoms with Crippen LogP contribution in [0.4, 0.5) is 5.69 Å². The van der Waals surface area contributed by atoms with E-state index in [1.54, 1.807) is 0 Å². The van der Waals surface area contributed by atoms with Crippen LogP contribution in [-0.4, -0.2) is 14.8 Å². The number of anilines is 1. The normalized spacial score (nSPS) is 11.2. The van der Waals surface area contributed by atoms with Crippen LogP contribution in [0, 0.1) is 12.8 Å². The lowest BCUT2D eigenvalue weighted by molar-refractivity contribution is 0.613. The summed E-state index contributed by atoms with van der Waals surface area (Å²) in [5.74, 6) is 2.28. The first-order chi connectivity index (χ1) is 8.49. The van der Waals surface area contributed by atoms with Crippen molar-refractivity contribution < 1.29 is 0 Å². The summed E-state index contributed by atoms with van der Waals surface area (Å²) in [4.78, 5) is 4.61. The second-order valence-electron chi connectivity index (χ2n) is 5.11. The maximum Gasteiger partial charge on any atom is 0.160 e. The molecule has 0 radical (unpaired) electrons. The minimum atomic E-state index is 0.550. The van der Waals surface area contributed by atoms with Gasteiger partial charge in [-0.25, -0.2) is 9.67 Å². The molecule has 4 heteroatoms. The fourth-order valence-electron chi connectivity index (χ4n) is 2.10. The molecule has 1 aromatic carbocycles. The van der Waals surface area contributed by atoms with Crippen molar-refractivity contribution >= 4 is 5.69 Å². The summed E-state index contributed by atoms with van der Waals surface area (Å²) in [7, 11) is 1.91. The summed E-state index contributed by atoms with van der Waals surface area (Å²) in [6.07, 6.45) is 0.889. The second-order valence-corrected chi connectivity index (χ2v) is 5.11. The van der Waals surface area contributed by atoms with Gasteiger partial charge < -0.3 is 5.73 Å². The van der Waals surface area contributed by atoms with Gasteiger partial charge in [0.05, 0.1) is 0 Å². The highest BCUT2D eigenvalue weighted by Gasteiger charge is 2.14. The number of benzene rings is 1. The zero-order valence-electron chi connectivity index (χ0n) is 11.4. The molecule has 0 aliphatic rings. The number of hydrogen-bond donors (Lipinski definition) is 1. The van der Waals surface area contributed by atoms with E-state index in [1.165, 1.54) is 0 Å². The molecule has 2 aromatic rings. The lowest BCUT2D eigenvalue weighted by Crippen LogP contribution is -2.00. The molecule has 2 rings (SSSR count). The van der Waals surface area contributed by atoms with Crippen molar-refractivity contribution in [1.29, 1.82) is 0 Å². The quantitative estimate of drug-likeness (QED) is 0.844. The van der Waals surface area contributed by atoms with Crippen LogP contribution in [-0.2, 0) is 13.5 Å². The highest BCUT2D eigenvalue weighted by molar-refractivity contribution is 5.74. The first kappa shape index (κ1) is 12.6. The van der Waals surface area contributed by atoms with Gasteiger partial charge in [-0.2, -0.15) is 5.10 Å². The molecule has 0 aliphatic carbocycles. The molecule has 1 heterocycles. The van der Waals surface area contributed by atoms with Crippen LogP contribution < -0.4 is 5.73 Å². The summed E-state index contributed by atoms with van der Waals surface area (Å²) < 4.78 is 1.82. The highest BCUT2D eigenvalue weighted by Crippen LogP contribution is 2.27. The van der Waals surface area contributed by atoms with E-state index in [0.717, 1.165) is 34.9 Å². The number of aromatic nitrogens is 3. The Labute approximate surface area is 108 Å². The van der Waals surface area contributed by atoms with E-state index in [9.17, 15) is 0 Å². The van der Waals surface area contributed by atoms with Crippen molar-refractivity contribution in [2.75, 3.05) is 5.73 Å². The second kappa shape index (κ2) is 4.80. The molecule has 0 spiro atoms. The molecule has 0 fully saturated rings. The first-order valence-electron chi connectivity index (χ1n) is 6.24. The molecule has 0 aliphatic heterocycles. The van der Waals surface area contributed by atoms with Gasteiger partial charge in [-0.15, -0.1) is 0 Å². The molecule has 96 valence electrons. The van der Waals surface area contributed by atoms with Gasteiger partial charge in [0.2, 0.25) is 0 Å². The average molecular weight is 244 g/mol. The average Bonchev–Trinajstić information content (AvgIpc) is 2.58. The summed E-state index contributed by atoms with van der Waals surface area (Å²) >= 11 is 0. The van der Waals surface area contributed by atoms with Crippen LogP contribution >= 0.6 is 0 Å². The number of nitrogens with zero attached hydrogens (tertiary/aromatic N) is 3. The molecule has 0 saturated heterocycles. The van der Waals surface area contributed by atoms with E-state index >= 15 is 0 Å². The number of rotatable bonds is 3. The number of nitrogen functional groups attached to an aromatic ring is 1. The summed E-state index contributed by atoms with van der Waals surface area (Å²) in [5, 5.41) is 4.46. The molecule has 0 atom stereocenters. The van der Waals surface area contributed by atoms with Gasteiger partial charge in [0.15, 0.2) is 11.6 Å². The Kier molecular flexibility index (Phi) is 3.36. The van der Waals surface area contributed by atoms with Crippen LogP contribution in [0.1, 0.15) is 25.2 Å². The van der Waals surface area contributed by atoms with E-state index in [4.69, 9.17) is 5.73 Å². The smallest absolute Gasteiger partial charge is 0.160 e. The van der Waals surface area contributed by atoms with Crippen LogP contribution in [0.2, 0.25) is 0 Å². The number of aryl methyl sites for hydroxylation is 2. The van der Waals surface area contributed by atoms with Gasteiger partial charge in [0, 0.05) is 24.7 Å². The minimum absolute atomic E-state index is 0.550. The van der Waals surface area contributed by atoms with E-state index in [0.29, 0.717) is 5.92 Å². The largest absolute Gasteiger partial charge is 0.398 e. The topological polar surface area (TPSA) is 56.7 Å². The predicted octanol–water partition coefficient (Wildman–Crippen LogP) is 2.57. The lowest BCUT2D eigenvalue weighted by atomic mass is 10.1. The molecule has 2 N–H and O–H groups in total. The molecule has 0 saturated carbocycles. The zero-order chi connectivity index (χ0) is 13.3. The Morgan fingerprint density at radius 1 is 1.33 bits per heavy atom. The van der Waals surface area contributed by atoms with Gasteiger partial charge in [0.1, 0.15) is 0 Å². The van der Waals surface area contributed by atoms with Crippen LogP contribution in [0.5, 0.6) is 0 Å². The van der Waals surface area contributed by atoms with Crippen LogP contribution in [0.3, 0.4) is 0 Å². The predicted molar refractivity (Wildman–Crippen MR) is 74.1 cm³/mol. The standard InChI is InChI=1S/C14H20N4/c1-9(2)8-12-16-14(18(4)17-12)13-10(3)6-5-7-11(13)15/h5-7,9H,8,15H2,1-4H3. The SMILES string of the molecule is Cc1cccc(N)c1-c1nc(CC(C)C)nn1C. The molecular weight excluding hydrogens is 224 g/mol. The van der Waals surface area contributed by atoms with Gasteiger partial charge in [-0.05, 0) is 24.5 Å². The molecule has 0 unspecified atom stereocenters. The Morgan fingerprint density at radius 2 is 2.06 bits per heavy atom. The van der Waals surface area contributed by atoms with Crippen molar-refractivity contribution in [1.82, 2.24) is 14.8 Å². The maximum absolute atomic E-state index is 6.05. The lowest BCUT2D eigenvalue weighted by Gasteiger charge is -2.07. The Hall–Kier alpha value is -1.84. The minimum Gasteiger partial charge on any atom is -0.398 e. The van der Waals surface area contributed by atoms with Crippen LogP contribution in [0.25, 0.3) is 11.4 Å². The fourth-order valence-corrected chi connectivity index (χ4v) is 2.10. The number of hydrogen-bond acceptors (Lipinski definition) is 3. The molecular formula is C14H20N4. The molecule has 18 heavy (non-hydrogen) atoms. The highest BCUT2D eigenvalue weighted by atomic mass is 15.3. The summed E-state index contributed by atoms with van der Waals surface area (Å²) in [6.45, 7) is 6.37. The van der Waals surface area contributed by atoms with E-state index in [2.05, 4.69) is 23.9 Å². The molecule has 1 aromatic heterocycles. The summed E-state index contributed by atoms with van der Waals surface area (Å²) in [6, 6.07) is 5.90. The number of nitrogens with two attached hydrogens (primary N) is 1. The van der Waals surface area contributed by atoms with E-state index in [1.807, 2.05) is 36.9 Å². The monoisotopic (exact) mass is 244 g/mol. The fraction of sp³-hybridized carbons (Fsp3) is 0.429. The molecule has 4 nitrogen and oxygen atoms in total. The van der Waals surface area contributed by atoms with Crippen molar-refractivity contribution in [2.45, 2.75) is 27.2 Å². The van der Waals surface area contributed by atoms with Crippen molar-refractivity contribution in [3.63, 3.8) is 0 Å².